The van der Waals surface area contributed by atoms with E-state index >= 15 is 0 Å². The van der Waals surface area contributed by atoms with Gasteiger partial charge >= 0.3 is 5.97 Å². The molecule has 0 aromatic rings. The van der Waals surface area contributed by atoms with E-state index in [0.717, 1.165) is 12.8 Å². The molecule has 0 amide bonds. The molecule has 0 aromatic carbocycles. The zero-order valence-corrected chi connectivity index (χ0v) is 8.99. The Hall–Kier alpha value is -0.610. The number of hydrogen-bond donors (Lipinski definition) is 2. The Morgan fingerprint density at radius 3 is 2.36 bits per heavy atom. The second-order valence-corrected chi connectivity index (χ2v) is 4.18. The van der Waals surface area contributed by atoms with Crippen molar-refractivity contribution in [2.75, 3.05) is 0 Å². The van der Waals surface area contributed by atoms with E-state index in [1.54, 1.807) is 6.92 Å². The summed E-state index contributed by atoms with van der Waals surface area (Å²) in [5, 5.41) is 12.1. The molecule has 0 aliphatic carbocycles. The molecule has 1 fully saturated rings. The summed E-state index contributed by atoms with van der Waals surface area (Å²) in [5.74, 6) is -0.885. The lowest BCUT2D eigenvalue weighted by atomic mass is 9.97. The number of hydrogen-bond acceptors (Lipinski definition) is 3. The van der Waals surface area contributed by atoms with Crippen molar-refractivity contribution >= 4 is 5.97 Å². The van der Waals surface area contributed by atoms with E-state index in [2.05, 4.69) is 19.2 Å². The van der Waals surface area contributed by atoms with Crippen LogP contribution in [-0.2, 0) is 9.53 Å². The van der Waals surface area contributed by atoms with Crippen molar-refractivity contribution in [3.05, 3.63) is 0 Å². The highest BCUT2D eigenvalue weighted by Gasteiger charge is 2.26. The molecule has 0 radical (unpaired) electrons. The number of piperidine rings is 1. The zero-order chi connectivity index (χ0) is 10.7. The van der Waals surface area contributed by atoms with Crippen LogP contribution in [0.15, 0.2) is 0 Å². The fraction of sp³-hybridized carbons (Fsp3) is 0.900. The zero-order valence-electron chi connectivity index (χ0n) is 8.99. The Bertz CT molecular complexity index is 198. The molecule has 0 bridgehead atoms. The third-order valence-corrected chi connectivity index (χ3v) is 2.55. The summed E-state index contributed by atoms with van der Waals surface area (Å²) >= 11 is 0. The first kappa shape index (κ1) is 11.5. The Morgan fingerprint density at radius 1 is 1.43 bits per heavy atom. The molecule has 4 nitrogen and oxygen atoms in total. The maximum atomic E-state index is 10.6. The summed E-state index contributed by atoms with van der Waals surface area (Å²) in [6, 6.07) is 0.814. The maximum absolute atomic E-state index is 10.6. The Labute approximate surface area is 84.6 Å². The van der Waals surface area contributed by atoms with Gasteiger partial charge in [-0.2, -0.15) is 0 Å². The SMILES string of the molecule is CC1CC(OC(C)C(=O)O)CC(C)N1. The van der Waals surface area contributed by atoms with Crippen molar-refractivity contribution in [1.82, 2.24) is 5.32 Å². The number of rotatable bonds is 3. The van der Waals surface area contributed by atoms with Gasteiger partial charge in [0.1, 0.15) is 0 Å². The predicted octanol–water partition coefficient (Wildman–Crippen LogP) is 1.01. The highest BCUT2D eigenvalue weighted by Crippen LogP contribution is 2.17. The van der Waals surface area contributed by atoms with Gasteiger partial charge in [0.2, 0.25) is 0 Å². The number of carboxylic acids is 1. The van der Waals surface area contributed by atoms with Crippen LogP contribution < -0.4 is 5.32 Å². The molecule has 3 unspecified atom stereocenters. The highest BCUT2D eigenvalue weighted by molar-refractivity contribution is 5.71. The van der Waals surface area contributed by atoms with Gasteiger partial charge < -0.3 is 15.2 Å². The molecular formula is C10H19NO3. The lowest BCUT2D eigenvalue weighted by molar-refractivity contribution is -0.154. The molecule has 1 aliphatic rings. The molecule has 1 saturated heterocycles. The third-order valence-electron chi connectivity index (χ3n) is 2.55. The van der Waals surface area contributed by atoms with Crippen LogP contribution >= 0.6 is 0 Å². The van der Waals surface area contributed by atoms with Crippen LogP contribution in [0.3, 0.4) is 0 Å². The van der Waals surface area contributed by atoms with Crippen molar-refractivity contribution in [3.8, 4) is 0 Å². The van der Waals surface area contributed by atoms with Crippen molar-refractivity contribution in [1.29, 1.82) is 0 Å². The van der Waals surface area contributed by atoms with Crippen LogP contribution in [0, 0.1) is 0 Å². The van der Waals surface area contributed by atoms with E-state index in [-0.39, 0.29) is 6.10 Å². The van der Waals surface area contributed by atoms with Gasteiger partial charge in [0.05, 0.1) is 6.10 Å². The average Bonchev–Trinajstić information content (AvgIpc) is 2.01. The molecule has 0 aromatic heterocycles. The number of aliphatic carboxylic acids is 1. The van der Waals surface area contributed by atoms with E-state index in [1.807, 2.05) is 0 Å². The van der Waals surface area contributed by atoms with Crippen LogP contribution in [0.4, 0.5) is 0 Å². The summed E-state index contributed by atoms with van der Waals surface area (Å²) in [6.45, 7) is 5.77. The first-order valence-electron chi connectivity index (χ1n) is 5.13. The number of carboxylic acid groups (broad SMARTS) is 1. The molecule has 0 saturated carbocycles. The van der Waals surface area contributed by atoms with Crippen molar-refractivity contribution < 1.29 is 14.6 Å². The van der Waals surface area contributed by atoms with E-state index in [9.17, 15) is 4.79 Å². The molecule has 3 atom stereocenters. The van der Waals surface area contributed by atoms with E-state index in [4.69, 9.17) is 9.84 Å². The van der Waals surface area contributed by atoms with Gasteiger partial charge in [-0.25, -0.2) is 4.79 Å². The van der Waals surface area contributed by atoms with E-state index in [1.165, 1.54) is 0 Å². The highest BCUT2D eigenvalue weighted by atomic mass is 16.5. The lowest BCUT2D eigenvalue weighted by Crippen LogP contribution is -2.46. The molecular weight excluding hydrogens is 182 g/mol. The summed E-state index contributed by atoms with van der Waals surface area (Å²) in [4.78, 5) is 10.6. The normalized spacial score (nSPS) is 35.2. The third kappa shape index (κ3) is 3.27. The first-order chi connectivity index (χ1) is 6.49. The molecule has 2 N–H and O–H groups in total. The minimum absolute atomic E-state index is 0.0762. The Kier molecular flexibility index (Phi) is 3.89. The Balaban J connectivity index is 2.40. The van der Waals surface area contributed by atoms with Crippen LogP contribution in [0.1, 0.15) is 33.6 Å². The molecule has 82 valence electrons. The molecule has 1 rings (SSSR count). The average molecular weight is 201 g/mol. The number of carbonyl (C=O) groups is 1. The Morgan fingerprint density at radius 2 is 1.93 bits per heavy atom. The monoisotopic (exact) mass is 201 g/mol. The van der Waals surface area contributed by atoms with Crippen LogP contribution in [0.2, 0.25) is 0 Å². The van der Waals surface area contributed by atoms with Gasteiger partial charge in [0, 0.05) is 12.1 Å². The first-order valence-corrected chi connectivity index (χ1v) is 5.13. The van der Waals surface area contributed by atoms with Gasteiger partial charge in [0.25, 0.3) is 0 Å². The quantitative estimate of drug-likeness (QED) is 0.715. The smallest absolute Gasteiger partial charge is 0.332 e. The van der Waals surface area contributed by atoms with Crippen molar-refractivity contribution in [2.24, 2.45) is 0 Å². The van der Waals surface area contributed by atoms with Gasteiger partial charge in [-0.1, -0.05) is 0 Å². The van der Waals surface area contributed by atoms with Gasteiger partial charge in [-0.15, -0.1) is 0 Å². The summed E-state index contributed by atoms with van der Waals surface area (Å²) in [6.07, 6.45) is 1.16. The van der Waals surface area contributed by atoms with Gasteiger partial charge in [-0.3, -0.25) is 0 Å². The molecule has 1 aliphatic heterocycles. The van der Waals surface area contributed by atoms with E-state index in [0.29, 0.717) is 12.1 Å². The fourth-order valence-electron chi connectivity index (χ4n) is 1.96. The summed E-state index contributed by atoms with van der Waals surface area (Å²) < 4.78 is 5.45. The number of nitrogens with one attached hydrogen (secondary N) is 1. The lowest BCUT2D eigenvalue weighted by Gasteiger charge is -2.33. The maximum Gasteiger partial charge on any atom is 0.332 e. The number of ether oxygens (including phenoxy) is 1. The summed E-state index contributed by atoms with van der Waals surface area (Å²) in [7, 11) is 0. The van der Waals surface area contributed by atoms with Gasteiger partial charge in [0.15, 0.2) is 6.10 Å². The molecule has 14 heavy (non-hydrogen) atoms. The minimum Gasteiger partial charge on any atom is -0.479 e. The summed E-state index contributed by atoms with van der Waals surface area (Å²) in [5.41, 5.74) is 0. The predicted molar refractivity (Wildman–Crippen MR) is 53.3 cm³/mol. The van der Waals surface area contributed by atoms with Crippen LogP contribution in [0.5, 0.6) is 0 Å². The minimum atomic E-state index is -0.885. The largest absolute Gasteiger partial charge is 0.479 e. The van der Waals surface area contributed by atoms with Crippen LogP contribution in [0.25, 0.3) is 0 Å². The van der Waals surface area contributed by atoms with Crippen LogP contribution in [-0.4, -0.2) is 35.4 Å². The second-order valence-electron chi connectivity index (χ2n) is 4.18. The molecule has 1 heterocycles. The van der Waals surface area contributed by atoms with Crippen molar-refractivity contribution in [2.45, 2.75) is 57.9 Å². The van der Waals surface area contributed by atoms with Crippen molar-refractivity contribution in [3.63, 3.8) is 0 Å². The molecule has 0 spiro atoms. The molecule has 4 heteroatoms. The standard InChI is InChI=1S/C10H19NO3/c1-6-4-9(5-7(2)11-6)14-8(3)10(12)13/h6-9,11H,4-5H2,1-3H3,(H,12,13). The van der Waals surface area contributed by atoms with E-state index < -0.39 is 12.1 Å². The topological polar surface area (TPSA) is 58.6 Å². The fourth-order valence-corrected chi connectivity index (χ4v) is 1.96. The van der Waals surface area contributed by atoms with Gasteiger partial charge in [-0.05, 0) is 33.6 Å². The second kappa shape index (κ2) is 4.75.